The maximum atomic E-state index is 5.61. The number of aromatic nitrogens is 1. The van der Waals surface area contributed by atoms with E-state index < -0.39 is 0 Å². The van der Waals surface area contributed by atoms with E-state index >= 15 is 0 Å². The van der Waals surface area contributed by atoms with Crippen molar-refractivity contribution in [2.24, 2.45) is 16.8 Å². The highest BCUT2D eigenvalue weighted by molar-refractivity contribution is 5.79. The molecule has 142 valence electrons. The third kappa shape index (κ3) is 5.46. The van der Waals surface area contributed by atoms with E-state index in [-0.39, 0.29) is 5.54 Å². The average molecular weight is 350 g/mol. The highest BCUT2D eigenvalue weighted by atomic mass is 16.4. The summed E-state index contributed by atoms with van der Waals surface area (Å²) in [4.78, 5) is 11.3. The van der Waals surface area contributed by atoms with Crippen molar-refractivity contribution in [3.63, 3.8) is 0 Å². The number of aryl methyl sites for hydroxylation is 2. The maximum Gasteiger partial charge on any atom is 0.214 e. The molecule has 2 unspecified atom stereocenters. The molecule has 0 bridgehead atoms. The van der Waals surface area contributed by atoms with E-state index in [1.807, 2.05) is 13.8 Å². The van der Waals surface area contributed by atoms with Crippen molar-refractivity contribution in [2.45, 2.75) is 60.0 Å². The Kier molecular flexibility index (Phi) is 6.49. The van der Waals surface area contributed by atoms with Crippen LogP contribution in [0.4, 0.5) is 0 Å². The summed E-state index contributed by atoms with van der Waals surface area (Å²) in [6.07, 6.45) is 1.33. The molecule has 2 heterocycles. The highest BCUT2D eigenvalue weighted by Gasteiger charge is 2.32. The second-order valence-corrected chi connectivity index (χ2v) is 8.19. The fourth-order valence-corrected chi connectivity index (χ4v) is 3.56. The quantitative estimate of drug-likeness (QED) is 0.632. The van der Waals surface area contributed by atoms with Gasteiger partial charge in [-0.2, -0.15) is 0 Å². The summed E-state index contributed by atoms with van der Waals surface area (Å²) >= 11 is 0. The summed E-state index contributed by atoms with van der Waals surface area (Å²) in [6, 6.07) is 0. The number of aliphatic imine (C=N–C) groups is 1. The van der Waals surface area contributed by atoms with Crippen molar-refractivity contribution in [3.05, 3.63) is 17.3 Å². The van der Waals surface area contributed by atoms with Gasteiger partial charge < -0.3 is 15.1 Å². The van der Waals surface area contributed by atoms with Gasteiger partial charge >= 0.3 is 0 Å². The SMILES string of the molecule is CN=C(NCc1nc(C)c(C)o1)NCC(C)(C)N1CC(C)CC(C)C1. The van der Waals surface area contributed by atoms with Crippen LogP contribution in [0.25, 0.3) is 0 Å². The molecule has 1 saturated heterocycles. The molecule has 1 aromatic rings. The van der Waals surface area contributed by atoms with Gasteiger partial charge in [-0.05, 0) is 46.0 Å². The largest absolute Gasteiger partial charge is 0.444 e. The molecule has 1 aromatic heterocycles. The molecule has 1 fully saturated rings. The van der Waals surface area contributed by atoms with Gasteiger partial charge in [0.2, 0.25) is 5.89 Å². The third-order valence-corrected chi connectivity index (χ3v) is 5.12. The zero-order valence-electron chi connectivity index (χ0n) is 16.9. The second-order valence-electron chi connectivity index (χ2n) is 8.19. The smallest absolute Gasteiger partial charge is 0.214 e. The van der Waals surface area contributed by atoms with Gasteiger partial charge in [0.1, 0.15) is 5.76 Å². The van der Waals surface area contributed by atoms with Gasteiger partial charge in [0.15, 0.2) is 5.96 Å². The molecular formula is C19H35N5O. The molecule has 0 amide bonds. The molecule has 1 aliphatic rings. The summed E-state index contributed by atoms with van der Waals surface area (Å²) in [6.45, 7) is 16.9. The number of guanidine groups is 1. The van der Waals surface area contributed by atoms with E-state index in [1.54, 1.807) is 7.05 Å². The van der Waals surface area contributed by atoms with Crippen LogP contribution in [-0.4, -0.2) is 48.1 Å². The van der Waals surface area contributed by atoms with Crippen molar-refractivity contribution in [2.75, 3.05) is 26.7 Å². The fraction of sp³-hybridized carbons (Fsp3) is 0.789. The summed E-state index contributed by atoms with van der Waals surface area (Å²) in [5.74, 6) is 3.86. The van der Waals surface area contributed by atoms with Crippen LogP contribution >= 0.6 is 0 Å². The molecule has 2 N–H and O–H groups in total. The van der Waals surface area contributed by atoms with Gasteiger partial charge in [-0.1, -0.05) is 13.8 Å². The lowest BCUT2D eigenvalue weighted by molar-refractivity contribution is 0.0483. The Bertz CT molecular complexity index is 563. The summed E-state index contributed by atoms with van der Waals surface area (Å²) < 4.78 is 5.61. The fourth-order valence-electron chi connectivity index (χ4n) is 3.56. The van der Waals surface area contributed by atoms with Crippen molar-refractivity contribution >= 4 is 5.96 Å². The maximum absolute atomic E-state index is 5.61. The summed E-state index contributed by atoms with van der Waals surface area (Å²) in [5.41, 5.74) is 1.02. The van der Waals surface area contributed by atoms with Crippen LogP contribution in [0.3, 0.4) is 0 Å². The van der Waals surface area contributed by atoms with Crippen LogP contribution in [-0.2, 0) is 6.54 Å². The van der Waals surface area contributed by atoms with E-state index in [9.17, 15) is 0 Å². The van der Waals surface area contributed by atoms with Gasteiger partial charge in [0, 0.05) is 32.2 Å². The van der Waals surface area contributed by atoms with Gasteiger partial charge in [-0.15, -0.1) is 0 Å². The van der Waals surface area contributed by atoms with Crippen molar-refractivity contribution in [3.8, 4) is 0 Å². The summed E-state index contributed by atoms with van der Waals surface area (Å²) in [5, 5.41) is 6.74. The Morgan fingerprint density at radius 2 is 1.88 bits per heavy atom. The van der Waals surface area contributed by atoms with Crippen LogP contribution in [0, 0.1) is 25.7 Å². The Hall–Kier alpha value is -1.56. The van der Waals surface area contributed by atoms with Crippen molar-refractivity contribution in [1.82, 2.24) is 20.5 Å². The first-order chi connectivity index (χ1) is 11.7. The molecule has 0 aromatic carbocycles. The van der Waals surface area contributed by atoms with Gasteiger partial charge in [-0.3, -0.25) is 9.89 Å². The second kappa shape index (κ2) is 8.21. The molecule has 0 aliphatic carbocycles. The van der Waals surface area contributed by atoms with Crippen molar-refractivity contribution < 1.29 is 4.42 Å². The Labute approximate surface area is 152 Å². The number of hydrogen-bond acceptors (Lipinski definition) is 4. The Morgan fingerprint density at radius 1 is 1.24 bits per heavy atom. The average Bonchev–Trinajstić information content (AvgIpc) is 2.85. The van der Waals surface area contributed by atoms with E-state index in [4.69, 9.17) is 4.42 Å². The summed E-state index contributed by atoms with van der Waals surface area (Å²) in [7, 11) is 1.79. The van der Waals surface area contributed by atoms with Crippen LogP contribution in [0.15, 0.2) is 9.41 Å². The Morgan fingerprint density at radius 3 is 2.40 bits per heavy atom. The molecule has 0 radical (unpaired) electrons. The standard InChI is InChI=1S/C19H35N5O/c1-13-8-14(2)11-24(10-13)19(5,6)12-22-18(20-7)21-9-17-23-15(3)16(4)25-17/h13-14H,8-12H2,1-7H3,(H2,20,21,22). The minimum Gasteiger partial charge on any atom is -0.444 e. The van der Waals surface area contributed by atoms with Gasteiger partial charge in [-0.25, -0.2) is 4.98 Å². The topological polar surface area (TPSA) is 65.7 Å². The number of likely N-dealkylation sites (tertiary alicyclic amines) is 1. The van der Waals surface area contributed by atoms with E-state index in [1.165, 1.54) is 19.5 Å². The minimum absolute atomic E-state index is 0.0800. The molecule has 2 atom stereocenters. The lowest BCUT2D eigenvalue weighted by Gasteiger charge is -2.45. The van der Waals surface area contributed by atoms with E-state index in [2.05, 4.69) is 53.2 Å². The van der Waals surface area contributed by atoms with Crippen LogP contribution in [0.1, 0.15) is 51.5 Å². The van der Waals surface area contributed by atoms with E-state index in [0.29, 0.717) is 12.4 Å². The van der Waals surface area contributed by atoms with Crippen LogP contribution in [0.2, 0.25) is 0 Å². The van der Waals surface area contributed by atoms with Crippen LogP contribution in [0.5, 0.6) is 0 Å². The Balaban J connectivity index is 1.86. The van der Waals surface area contributed by atoms with Crippen molar-refractivity contribution in [1.29, 1.82) is 0 Å². The first-order valence-electron chi connectivity index (χ1n) is 9.33. The first kappa shape index (κ1) is 19.8. The number of nitrogens with one attached hydrogen (secondary N) is 2. The molecule has 6 heteroatoms. The predicted octanol–water partition coefficient (Wildman–Crippen LogP) is 2.71. The monoisotopic (exact) mass is 349 g/mol. The number of nitrogens with zero attached hydrogens (tertiary/aromatic N) is 3. The number of rotatable bonds is 5. The zero-order chi connectivity index (χ0) is 18.6. The first-order valence-corrected chi connectivity index (χ1v) is 9.33. The molecule has 2 rings (SSSR count). The molecule has 1 aliphatic heterocycles. The number of piperidine rings is 1. The molecule has 0 saturated carbocycles. The molecule has 6 nitrogen and oxygen atoms in total. The van der Waals surface area contributed by atoms with E-state index in [0.717, 1.165) is 35.8 Å². The zero-order valence-corrected chi connectivity index (χ0v) is 16.9. The van der Waals surface area contributed by atoms with Crippen LogP contribution < -0.4 is 10.6 Å². The van der Waals surface area contributed by atoms with Gasteiger partial charge in [0.25, 0.3) is 0 Å². The molecule has 25 heavy (non-hydrogen) atoms. The predicted molar refractivity (Wildman–Crippen MR) is 103 cm³/mol. The lowest BCUT2D eigenvalue weighted by atomic mass is 9.88. The third-order valence-electron chi connectivity index (χ3n) is 5.12. The van der Waals surface area contributed by atoms with Gasteiger partial charge in [0.05, 0.1) is 12.2 Å². The number of oxazole rings is 1. The number of hydrogen-bond donors (Lipinski definition) is 2. The minimum atomic E-state index is 0.0800. The lowest BCUT2D eigenvalue weighted by Crippen LogP contribution is -2.57. The highest BCUT2D eigenvalue weighted by Crippen LogP contribution is 2.26. The molecular weight excluding hydrogens is 314 g/mol. The normalized spacial score (nSPS) is 22.9. The molecule has 0 spiro atoms.